The molecule has 1 aliphatic rings. The minimum absolute atomic E-state index is 0.00238. The standard InChI is InChI=1S/C15H15N3O4/c1-2-22-15(19)14-12-7-4-8-13(12)17(16-14)10-5-3-6-11(9-10)18(20)21/h3,5-6,9H,2,4,7-8H2,1H3. The Morgan fingerprint density at radius 2 is 2.27 bits per heavy atom. The summed E-state index contributed by atoms with van der Waals surface area (Å²) in [6.45, 7) is 2.03. The van der Waals surface area contributed by atoms with E-state index in [1.54, 1.807) is 23.7 Å². The van der Waals surface area contributed by atoms with E-state index in [1.807, 2.05) is 0 Å². The fraction of sp³-hybridized carbons (Fsp3) is 0.333. The van der Waals surface area contributed by atoms with Gasteiger partial charge in [-0.05, 0) is 32.3 Å². The summed E-state index contributed by atoms with van der Waals surface area (Å²) in [6, 6.07) is 6.24. The molecule has 0 atom stereocenters. The van der Waals surface area contributed by atoms with E-state index in [9.17, 15) is 14.9 Å². The number of nitro benzene ring substituents is 1. The average molecular weight is 301 g/mol. The zero-order valence-corrected chi connectivity index (χ0v) is 12.1. The normalized spacial score (nSPS) is 13.0. The molecule has 0 fully saturated rings. The van der Waals surface area contributed by atoms with E-state index in [-0.39, 0.29) is 12.3 Å². The maximum atomic E-state index is 12.0. The average Bonchev–Trinajstić information content (AvgIpc) is 3.09. The largest absolute Gasteiger partial charge is 0.461 e. The van der Waals surface area contributed by atoms with Gasteiger partial charge in [-0.2, -0.15) is 5.10 Å². The van der Waals surface area contributed by atoms with Crippen LogP contribution in [-0.2, 0) is 17.6 Å². The van der Waals surface area contributed by atoms with Gasteiger partial charge in [-0.3, -0.25) is 10.1 Å². The molecule has 114 valence electrons. The molecule has 0 bridgehead atoms. The molecule has 1 aromatic heterocycles. The number of esters is 1. The monoisotopic (exact) mass is 301 g/mol. The molecule has 1 aromatic carbocycles. The molecule has 7 nitrogen and oxygen atoms in total. The summed E-state index contributed by atoms with van der Waals surface area (Å²) in [7, 11) is 0. The number of ether oxygens (including phenoxy) is 1. The predicted octanol–water partition coefficient (Wildman–Crippen LogP) is 2.45. The third-order valence-corrected chi connectivity index (χ3v) is 3.68. The van der Waals surface area contributed by atoms with Crippen LogP contribution in [0.2, 0.25) is 0 Å². The van der Waals surface area contributed by atoms with Crippen molar-refractivity contribution in [1.29, 1.82) is 0 Å². The van der Waals surface area contributed by atoms with Gasteiger partial charge in [-0.1, -0.05) is 6.07 Å². The van der Waals surface area contributed by atoms with Crippen LogP contribution < -0.4 is 0 Å². The number of hydrogen-bond acceptors (Lipinski definition) is 5. The van der Waals surface area contributed by atoms with Gasteiger partial charge in [-0.25, -0.2) is 9.48 Å². The van der Waals surface area contributed by atoms with Gasteiger partial charge in [0.2, 0.25) is 0 Å². The van der Waals surface area contributed by atoms with Crippen LogP contribution in [0.1, 0.15) is 35.1 Å². The van der Waals surface area contributed by atoms with Crippen molar-refractivity contribution >= 4 is 11.7 Å². The van der Waals surface area contributed by atoms with Crippen LogP contribution in [0.4, 0.5) is 5.69 Å². The lowest BCUT2D eigenvalue weighted by atomic mass is 10.2. The Labute approximate surface area is 126 Å². The maximum Gasteiger partial charge on any atom is 0.359 e. The lowest BCUT2D eigenvalue weighted by Gasteiger charge is -2.05. The number of nitro groups is 1. The number of hydrogen-bond donors (Lipinski definition) is 0. The second-order valence-electron chi connectivity index (χ2n) is 5.04. The Morgan fingerprint density at radius 3 is 3.00 bits per heavy atom. The zero-order chi connectivity index (χ0) is 15.7. The molecule has 0 saturated heterocycles. The summed E-state index contributed by atoms with van der Waals surface area (Å²) in [5, 5.41) is 15.3. The number of benzene rings is 1. The number of aromatic nitrogens is 2. The first-order chi connectivity index (χ1) is 10.6. The minimum atomic E-state index is -0.445. The maximum absolute atomic E-state index is 12.0. The second kappa shape index (κ2) is 5.59. The van der Waals surface area contributed by atoms with E-state index in [0.717, 1.165) is 30.5 Å². The molecular weight excluding hydrogens is 286 g/mol. The number of carbonyl (C=O) groups excluding carboxylic acids is 1. The highest BCUT2D eigenvalue weighted by molar-refractivity contribution is 5.89. The highest BCUT2D eigenvalue weighted by Crippen LogP contribution is 2.29. The highest BCUT2D eigenvalue weighted by atomic mass is 16.6. The number of fused-ring (bicyclic) bond motifs is 1. The Morgan fingerprint density at radius 1 is 1.45 bits per heavy atom. The lowest BCUT2D eigenvalue weighted by molar-refractivity contribution is -0.384. The molecule has 22 heavy (non-hydrogen) atoms. The second-order valence-corrected chi connectivity index (χ2v) is 5.04. The highest BCUT2D eigenvalue weighted by Gasteiger charge is 2.28. The molecule has 0 aliphatic heterocycles. The van der Waals surface area contributed by atoms with Gasteiger partial charge in [0.05, 0.1) is 17.2 Å². The summed E-state index contributed by atoms with van der Waals surface area (Å²) >= 11 is 0. The van der Waals surface area contributed by atoms with Crippen LogP contribution >= 0.6 is 0 Å². The van der Waals surface area contributed by atoms with Crippen molar-refractivity contribution in [2.24, 2.45) is 0 Å². The quantitative estimate of drug-likeness (QED) is 0.492. The van der Waals surface area contributed by atoms with Crippen LogP contribution in [0.3, 0.4) is 0 Å². The third kappa shape index (κ3) is 2.34. The van der Waals surface area contributed by atoms with Crippen molar-refractivity contribution in [2.75, 3.05) is 6.61 Å². The van der Waals surface area contributed by atoms with Crippen molar-refractivity contribution < 1.29 is 14.5 Å². The molecule has 0 N–H and O–H groups in total. The molecule has 2 aromatic rings. The summed E-state index contributed by atoms with van der Waals surface area (Å²) in [6.07, 6.45) is 2.51. The van der Waals surface area contributed by atoms with Gasteiger partial charge in [-0.15, -0.1) is 0 Å². The van der Waals surface area contributed by atoms with Crippen LogP contribution in [0.5, 0.6) is 0 Å². The van der Waals surface area contributed by atoms with Crippen LogP contribution in [0.15, 0.2) is 24.3 Å². The predicted molar refractivity (Wildman–Crippen MR) is 78.2 cm³/mol. The number of nitrogens with zero attached hydrogens (tertiary/aromatic N) is 3. The summed E-state index contributed by atoms with van der Waals surface area (Å²) in [5.41, 5.74) is 2.73. The van der Waals surface area contributed by atoms with E-state index >= 15 is 0 Å². The van der Waals surface area contributed by atoms with E-state index in [1.165, 1.54) is 12.1 Å². The Bertz CT molecular complexity index is 751. The third-order valence-electron chi connectivity index (χ3n) is 3.68. The molecular formula is C15H15N3O4. The van der Waals surface area contributed by atoms with Gasteiger partial charge in [0.25, 0.3) is 5.69 Å². The summed E-state index contributed by atoms with van der Waals surface area (Å²) in [5.74, 6) is -0.440. The topological polar surface area (TPSA) is 87.3 Å². The van der Waals surface area contributed by atoms with Crippen molar-refractivity contribution in [2.45, 2.75) is 26.2 Å². The molecule has 0 amide bonds. The molecule has 0 saturated carbocycles. The molecule has 0 unspecified atom stereocenters. The molecule has 3 rings (SSSR count). The fourth-order valence-corrected chi connectivity index (χ4v) is 2.75. The number of carbonyl (C=O) groups is 1. The van der Waals surface area contributed by atoms with Crippen molar-refractivity contribution in [3.8, 4) is 5.69 Å². The summed E-state index contributed by atoms with van der Waals surface area (Å²) in [4.78, 5) is 22.5. The van der Waals surface area contributed by atoms with Crippen molar-refractivity contribution in [3.63, 3.8) is 0 Å². The van der Waals surface area contributed by atoms with Crippen molar-refractivity contribution in [3.05, 3.63) is 51.3 Å². The molecule has 1 heterocycles. The first-order valence-electron chi connectivity index (χ1n) is 7.14. The number of rotatable bonds is 4. The van der Waals surface area contributed by atoms with Crippen molar-refractivity contribution in [1.82, 2.24) is 9.78 Å². The molecule has 0 radical (unpaired) electrons. The van der Waals surface area contributed by atoms with Gasteiger partial charge < -0.3 is 4.74 Å². The zero-order valence-electron chi connectivity index (χ0n) is 12.1. The SMILES string of the molecule is CCOC(=O)c1nn(-c2cccc([N+](=O)[O-])c2)c2c1CCC2. The van der Waals surface area contributed by atoms with E-state index < -0.39 is 10.9 Å². The Hall–Kier alpha value is -2.70. The van der Waals surface area contributed by atoms with Gasteiger partial charge in [0.15, 0.2) is 5.69 Å². The van der Waals surface area contributed by atoms with Gasteiger partial charge >= 0.3 is 5.97 Å². The molecule has 0 spiro atoms. The first-order valence-corrected chi connectivity index (χ1v) is 7.14. The minimum Gasteiger partial charge on any atom is -0.461 e. The smallest absolute Gasteiger partial charge is 0.359 e. The van der Waals surface area contributed by atoms with E-state index in [0.29, 0.717) is 11.4 Å². The van der Waals surface area contributed by atoms with E-state index in [2.05, 4.69) is 5.10 Å². The molecule has 7 heteroatoms. The fourth-order valence-electron chi connectivity index (χ4n) is 2.75. The first kappa shape index (κ1) is 14.2. The Balaban J connectivity index is 2.08. The Kier molecular flexibility index (Phi) is 3.62. The van der Waals surface area contributed by atoms with E-state index in [4.69, 9.17) is 4.74 Å². The number of non-ortho nitro benzene ring substituents is 1. The van der Waals surface area contributed by atoms with Crippen LogP contribution in [0, 0.1) is 10.1 Å². The van der Waals surface area contributed by atoms with Crippen LogP contribution in [0.25, 0.3) is 5.69 Å². The van der Waals surface area contributed by atoms with Gasteiger partial charge in [0.1, 0.15) is 0 Å². The summed E-state index contributed by atoms with van der Waals surface area (Å²) < 4.78 is 6.67. The van der Waals surface area contributed by atoms with Crippen LogP contribution in [-0.4, -0.2) is 27.3 Å². The van der Waals surface area contributed by atoms with Gasteiger partial charge in [0, 0.05) is 23.4 Å². The lowest BCUT2D eigenvalue weighted by Crippen LogP contribution is -2.09. The molecule has 1 aliphatic carbocycles.